The normalized spacial score (nSPS) is 12.3. The zero-order valence-corrected chi connectivity index (χ0v) is 22.5. The first-order chi connectivity index (χ1) is 15.0. The first kappa shape index (κ1) is 32.6. The van der Waals surface area contributed by atoms with Crippen LogP contribution in [0.2, 0.25) is 0 Å². The van der Waals surface area contributed by atoms with Gasteiger partial charge in [-0.25, -0.2) is 0 Å². The fourth-order valence-corrected chi connectivity index (χ4v) is 4.29. The van der Waals surface area contributed by atoms with Crippen molar-refractivity contribution >= 4 is 5.97 Å². The maximum absolute atomic E-state index is 10.8. The van der Waals surface area contributed by atoms with Gasteiger partial charge in [-0.3, -0.25) is 0 Å². The number of carboxylic acid groups (broad SMARTS) is 1. The molecule has 0 aromatic heterocycles. The SMILES string of the molecule is CCCCCCC(CCCC)C(=O)[O-].CCCC[N+](CCCC)(CCCC)CCCC. The summed E-state index contributed by atoms with van der Waals surface area (Å²) >= 11 is 0. The van der Waals surface area contributed by atoms with Gasteiger partial charge in [0.1, 0.15) is 0 Å². The molecule has 0 spiro atoms. The van der Waals surface area contributed by atoms with E-state index in [1.165, 1.54) is 94.9 Å². The highest BCUT2D eigenvalue weighted by atomic mass is 16.4. The van der Waals surface area contributed by atoms with Gasteiger partial charge in [-0.15, -0.1) is 0 Å². The third-order valence-corrected chi connectivity index (χ3v) is 6.59. The van der Waals surface area contributed by atoms with Crippen molar-refractivity contribution in [3.05, 3.63) is 0 Å². The summed E-state index contributed by atoms with van der Waals surface area (Å²) in [6.45, 7) is 19.3. The molecule has 31 heavy (non-hydrogen) atoms. The number of carboxylic acids is 1. The van der Waals surface area contributed by atoms with E-state index in [0.717, 1.165) is 38.5 Å². The van der Waals surface area contributed by atoms with Crippen LogP contribution in [0.4, 0.5) is 0 Å². The molecule has 1 unspecified atom stereocenters. The molecule has 3 heteroatoms. The molecule has 0 rings (SSSR count). The average molecular weight is 442 g/mol. The van der Waals surface area contributed by atoms with Crippen molar-refractivity contribution in [2.24, 2.45) is 5.92 Å². The summed E-state index contributed by atoms with van der Waals surface area (Å²) in [4.78, 5) is 10.8. The largest absolute Gasteiger partial charge is 0.550 e. The van der Waals surface area contributed by atoms with Crippen LogP contribution in [0.15, 0.2) is 0 Å². The van der Waals surface area contributed by atoms with Crippen LogP contribution in [0, 0.1) is 5.92 Å². The van der Waals surface area contributed by atoms with Crippen LogP contribution >= 0.6 is 0 Å². The maximum Gasteiger partial charge on any atom is 0.0786 e. The fraction of sp³-hybridized carbons (Fsp3) is 0.964. The molecule has 0 saturated heterocycles. The van der Waals surface area contributed by atoms with Crippen LogP contribution in [0.3, 0.4) is 0 Å². The summed E-state index contributed by atoms with van der Waals surface area (Å²) in [5.74, 6) is -1.05. The van der Waals surface area contributed by atoms with E-state index in [9.17, 15) is 9.90 Å². The number of aliphatic carboxylic acids is 1. The number of hydrogen-bond donors (Lipinski definition) is 0. The van der Waals surface area contributed by atoms with Crippen LogP contribution in [-0.4, -0.2) is 36.6 Å². The second-order valence-electron chi connectivity index (χ2n) is 9.66. The Balaban J connectivity index is 0. The van der Waals surface area contributed by atoms with Gasteiger partial charge in [0.05, 0.1) is 26.2 Å². The summed E-state index contributed by atoms with van der Waals surface area (Å²) in [6, 6.07) is 0. The molecular formula is C28H59NO2. The molecule has 0 aliphatic heterocycles. The summed E-state index contributed by atoms with van der Waals surface area (Å²) in [5, 5.41) is 10.8. The summed E-state index contributed by atoms with van der Waals surface area (Å²) < 4.78 is 1.42. The van der Waals surface area contributed by atoms with Gasteiger partial charge in [-0.05, 0) is 44.4 Å². The lowest BCUT2D eigenvalue weighted by Crippen LogP contribution is -2.50. The molecule has 0 radical (unpaired) electrons. The molecule has 0 aromatic rings. The van der Waals surface area contributed by atoms with E-state index in [-0.39, 0.29) is 5.92 Å². The van der Waals surface area contributed by atoms with E-state index < -0.39 is 5.97 Å². The quantitative estimate of drug-likeness (QED) is 0.136. The molecule has 0 aliphatic rings. The van der Waals surface area contributed by atoms with Crippen LogP contribution < -0.4 is 5.11 Å². The monoisotopic (exact) mass is 441 g/mol. The van der Waals surface area contributed by atoms with Crippen LogP contribution in [0.1, 0.15) is 144 Å². The van der Waals surface area contributed by atoms with E-state index >= 15 is 0 Å². The van der Waals surface area contributed by atoms with Gasteiger partial charge < -0.3 is 14.4 Å². The van der Waals surface area contributed by atoms with Crippen molar-refractivity contribution in [1.29, 1.82) is 0 Å². The van der Waals surface area contributed by atoms with Gasteiger partial charge in [0.15, 0.2) is 0 Å². The Bertz CT molecular complexity index is 333. The summed E-state index contributed by atoms with van der Waals surface area (Å²) in [5.41, 5.74) is 0. The van der Waals surface area contributed by atoms with Crippen molar-refractivity contribution in [2.75, 3.05) is 26.2 Å². The van der Waals surface area contributed by atoms with E-state index in [1.54, 1.807) is 0 Å². The van der Waals surface area contributed by atoms with Gasteiger partial charge in [0.25, 0.3) is 0 Å². The lowest BCUT2D eigenvalue weighted by Gasteiger charge is -2.39. The number of unbranched alkanes of at least 4 members (excludes halogenated alkanes) is 8. The Labute approximate surface area is 197 Å². The van der Waals surface area contributed by atoms with Gasteiger partial charge >= 0.3 is 0 Å². The van der Waals surface area contributed by atoms with Gasteiger partial charge in [0, 0.05) is 5.97 Å². The molecule has 0 aliphatic carbocycles. The van der Waals surface area contributed by atoms with E-state index in [2.05, 4.69) is 41.5 Å². The molecule has 188 valence electrons. The highest BCUT2D eigenvalue weighted by Crippen LogP contribution is 2.17. The Kier molecular flexibility index (Phi) is 25.3. The van der Waals surface area contributed by atoms with Crippen LogP contribution in [-0.2, 0) is 4.79 Å². The number of carbonyl (C=O) groups excluding carboxylic acids is 1. The third-order valence-electron chi connectivity index (χ3n) is 6.59. The Hall–Kier alpha value is -0.570. The van der Waals surface area contributed by atoms with E-state index in [0.29, 0.717) is 0 Å². The predicted molar refractivity (Wildman–Crippen MR) is 136 cm³/mol. The summed E-state index contributed by atoms with van der Waals surface area (Å²) in [7, 11) is 0. The number of nitrogens with zero attached hydrogens (tertiary/aromatic N) is 1. The van der Waals surface area contributed by atoms with Crippen molar-refractivity contribution in [1.82, 2.24) is 0 Å². The predicted octanol–water partition coefficient (Wildman–Crippen LogP) is 7.52. The molecule has 0 heterocycles. The van der Waals surface area contributed by atoms with Gasteiger partial charge in [0.2, 0.25) is 0 Å². The van der Waals surface area contributed by atoms with Crippen molar-refractivity contribution in [2.45, 2.75) is 144 Å². The van der Waals surface area contributed by atoms with Gasteiger partial charge in [-0.1, -0.05) is 106 Å². The Morgan fingerprint density at radius 1 is 0.548 bits per heavy atom. The smallest absolute Gasteiger partial charge is 0.0786 e. The molecule has 0 aromatic carbocycles. The number of rotatable bonds is 21. The molecule has 3 nitrogen and oxygen atoms in total. The first-order valence-corrected chi connectivity index (χ1v) is 14.0. The maximum atomic E-state index is 10.8. The van der Waals surface area contributed by atoms with Crippen LogP contribution in [0.25, 0.3) is 0 Å². The van der Waals surface area contributed by atoms with Crippen molar-refractivity contribution in [3.63, 3.8) is 0 Å². The highest BCUT2D eigenvalue weighted by Gasteiger charge is 2.24. The van der Waals surface area contributed by atoms with Gasteiger partial charge in [-0.2, -0.15) is 0 Å². The molecule has 1 atom stereocenters. The van der Waals surface area contributed by atoms with E-state index in [4.69, 9.17) is 0 Å². The average Bonchev–Trinajstić information content (AvgIpc) is 2.78. The highest BCUT2D eigenvalue weighted by molar-refractivity contribution is 5.67. The number of quaternary nitrogens is 1. The minimum atomic E-state index is -0.852. The molecular weight excluding hydrogens is 382 g/mol. The molecule has 0 amide bonds. The lowest BCUT2D eigenvalue weighted by molar-refractivity contribution is -0.929. The van der Waals surface area contributed by atoms with Crippen LogP contribution in [0.5, 0.6) is 0 Å². The molecule has 0 fully saturated rings. The third kappa shape index (κ3) is 19.8. The second kappa shape index (κ2) is 24.1. The Morgan fingerprint density at radius 3 is 1.23 bits per heavy atom. The zero-order valence-electron chi connectivity index (χ0n) is 22.5. The lowest BCUT2D eigenvalue weighted by atomic mass is 9.95. The van der Waals surface area contributed by atoms with E-state index in [1.807, 2.05) is 0 Å². The van der Waals surface area contributed by atoms with Crippen molar-refractivity contribution in [3.8, 4) is 0 Å². The minimum Gasteiger partial charge on any atom is -0.550 e. The van der Waals surface area contributed by atoms with Crippen molar-refractivity contribution < 1.29 is 14.4 Å². The topological polar surface area (TPSA) is 40.1 Å². The minimum absolute atomic E-state index is 0.202. The molecule has 0 N–H and O–H groups in total. The fourth-order valence-electron chi connectivity index (χ4n) is 4.29. The second-order valence-corrected chi connectivity index (χ2v) is 9.66. The Morgan fingerprint density at radius 2 is 0.903 bits per heavy atom. The zero-order chi connectivity index (χ0) is 23.8. The molecule has 0 saturated carbocycles. The number of carbonyl (C=O) groups is 1. The summed E-state index contributed by atoms with van der Waals surface area (Å²) in [6.07, 6.45) is 19.4. The first-order valence-electron chi connectivity index (χ1n) is 14.0. The standard InChI is InChI=1S/C16H36N.C12H24O2/c1-5-9-13-17(14-10-6-2,15-11-7-3)16-12-8-4;1-3-5-7-8-10-11(12(13)14)9-6-4-2/h5-16H2,1-4H3;11H,3-10H2,1-2H3,(H,13,14)/q+1;/p-1. The number of hydrogen-bond acceptors (Lipinski definition) is 2. The molecule has 0 bridgehead atoms.